The molecular weight excluding hydrogens is 246 g/mol. The number of carbonyl (C=O) groups excluding carboxylic acids is 1. The first-order valence-electron chi connectivity index (χ1n) is 6.91. The third kappa shape index (κ3) is 2.97. The molecule has 0 saturated carbocycles. The van der Waals surface area contributed by atoms with Gasteiger partial charge in [0, 0.05) is 6.54 Å². The van der Waals surface area contributed by atoms with Crippen LogP contribution < -0.4 is 0 Å². The molecule has 0 spiro atoms. The van der Waals surface area contributed by atoms with Crippen molar-refractivity contribution >= 4 is 11.9 Å². The Balaban J connectivity index is 2.12. The Hall–Kier alpha value is -1.36. The summed E-state index contributed by atoms with van der Waals surface area (Å²) in [5, 5.41) is 9.25. The number of carbonyl (C=O) groups is 2. The lowest BCUT2D eigenvalue weighted by atomic mass is 9.81. The van der Waals surface area contributed by atoms with Crippen LogP contribution in [0.15, 0.2) is 12.2 Å². The third-order valence-corrected chi connectivity index (χ3v) is 4.05. The van der Waals surface area contributed by atoms with E-state index in [0.29, 0.717) is 32.6 Å². The molecule has 3 atom stereocenters. The minimum Gasteiger partial charge on any atom is -0.481 e. The molecule has 2 rings (SSSR count). The molecule has 1 saturated heterocycles. The zero-order valence-electron chi connectivity index (χ0n) is 11.2. The smallest absolute Gasteiger partial charge is 0.307 e. The minimum absolute atomic E-state index is 0.0214. The zero-order valence-corrected chi connectivity index (χ0v) is 11.2. The highest BCUT2D eigenvalue weighted by Crippen LogP contribution is 2.29. The first-order chi connectivity index (χ1) is 9.15. The van der Waals surface area contributed by atoms with Crippen LogP contribution in [-0.4, -0.2) is 47.7 Å². The lowest BCUT2D eigenvalue weighted by Crippen LogP contribution is -2.52. The maximum atomic E-state index is 12.6. The van der Waals surface area contributed by atoms with Gasteiger partial charge in [-0.3, -0.25) is 9.59 Å². The van der Waals surface area contributed by atoms with Gasteiger partial charge < -0.3 is 14.7 Å². The van der Waals surface area contributed by atoms with Crippen LogP contribution in [0.1, 0.15) is 26.2 Å². The van der Waals surface area contributed by atoms with Crippen molar-refractivity contribution in [3.63, 3.8) is 0 Å². The van der Waals surface area contributed by atoms with Crippen molar-refractivity contribution in [3.05, 3.63) is 12.2 Å². The summed E-state index contributed by atoms with van der Waals surface area (Å²) >= 11 is 0. The lowest BCUT2D eigenvalue weighted by Gasteiger charge is -2.38. The normalized spacial score (nSPS) is 31.2. The fourth-order valence-corrected chi connectivity index (χ4v) is 2.86. The van der Waals surface area contributed by atoms with E-state index in [1.54, 1.807) is 0 Å². The van der Waals surface area contributed by atoms with E-state index in [9.17, 15) is 14.7 Å². The molecule has 1 N–H and O–H groups in total. The lowest BCUT2D eigenvalue weighted by molar-refractivity contribution is -0.154. The number of hydrogen-bond acceptors (Lipinski definition) is 3. The van der Waals surface area contributed by atoms with Gasteiger partial charge >= 0.3 is 5.97 Å². The summed E-state index contributed by atoms with van der Waals surface area (Å²) in [6, 6.07) is 0.0848. The Morgan fingerprint density at radius 3 is 2.63 bits per heavy atom. The van der Waals surface area contributed by atoms with Crippen molar-refractivity contribution in [2.75, 3.05) is 19.8 Å². The fourth-order valence-electron chi connectivity index (χ4n) is 2.86. The molecule has 0 radical (unpaired) electrons. The maximum absolute atomic E-state index is 12.6. The topological polar surface area (TPSA) is 66.8 Å². The van der Waals surface area contributed by atoms with Gasteiger partial charge in [0.2, 0.25) is 5.91 Å². The molecule has 1 amide bonds. The van der Waals surface area contributed by atoms with Crippen LogP contribution in [0.3, 0.4) is 0 Å². The summed E-state index contributed by atoms with van der Waals surface area (Å²) in [5.41, 5.74) is 0. The molecule has 1 unspecified atom stereocenters. The summed E-state index contributed by atoms with van der Waals surface area (Å²) in [6.07, 6.45) is 5.60. The number of nitrogens with zero attached hydrogens (tertiary/aromatic N) is 1. The quantitative estimate of drug-likeness (QED) is 0.782. The molecule has 0 aromatic heterocycles. The number of ether oxygens (including phenoxy) is 1. The Kier molecular flexibility index (Phi) is 4.58. The molecule has 5 nitrogen and oxygen atoms in total. The Morgan fingerprint density at radius 1 is 1.32 bits per heavy atom. The molecule has 0 aromatic carbocycles. The number of amides is 1. The predicted molar refractivity (Wildman–Crippen MR) is 69.6 cm³/mol. The minimum atomic E-state index is -0.871. The average Bonchev–Trinajstić information content (AvgIpc) is 2.46. The summed E-state index contributed by atoms with van der Waals surface area (Å²) in [4.78, 5) is 25.7. The highest BCUT2D eigenvalue weighted by Gasteiger charge is 2.38. The van der Waals surface area contributed by atoms with Crippen LogP contribution in [0.5, 0.6) is 0 Å². The van der Waals surface area contributed by atoms with E-state index in [1.807, 2.05) is 24.0 Å². The van der Waals surface area contributed by atoms with Gasteiger partial charge in [-0.25, -0.2) is 0 Å². The second kappa shape index (κ2) is 6.19. The highest BCUT2D eigenvalue weighted by atomic mass is 16.5. The molecule has 5 heteroatoms. The highest BCUT2D eigenvalue weighted by molar-refractivity contribution is 5.85. The fraction of sp³-hybridized carbons (Fsp3) is 0.714. The van der Waals surface area contributed by atoms with Crippen molar-refractivity contribution in [2.24, 2.45) is 11.8 Å². The molecule has 2 aliphatic rings. The number of rotatable bonds is 3. The van der Waals surface area contributed by atoms with Gasteiger partial charge in [-0.15, -0.1) is 0 Å². The monoisotopic (exact) mass is 267 g/mol. The SMILES string of the molecule is CCC1COCCN1C(=O)[C@@H]1CC=CC[C@@H]1C(=O)O. The van der Waals surface area contributed by atoms with Crippen LogP contribution in [-0.2, 0) is 14.3 Å². The molecule has 1 aliphatic heterocycles. The van der Waals surface area contributed by atoms with Crippen molar-refractivity contribution in [2.45, 2.75) is 32.2 Å². The first kappa shape index (κ1) is 14.1. The molecule has 1 heterocycles. The summed E-state index contributed by atoms with van der Waals surface area (Å²) < 4.78 is 5.39. The van der Waals surface area contributed by atoms with Crippen molar-refractivity contribution < 1.29 is 19.4 Å². The van der Waals surface area contributed by atoms with E-state index >= 15 is 0 Å². The molecule has 19 heavy (non-hydrogen) atoms. The standard InChI is InChI=1S/C14H21NO4/c1-2-10-9-19-8-7-15(10)13(16)11-5-3-4-6-12(11)14(17)18/h3-4,10-12H,2,5-9H2,1H3,(H,17,18)/t10?,11-,12+/m1/s1. The van der Waals surface area contributed by atoms with Crippen LogP contribution in [0.4, 0.5) is 0 Å². The van der Waals surface area contributed by atoms with E-state index in [0.717, 1.165) is 6.42 Å². The van der Waals surface area contributed by atoms with E-state index in [1.165, 1.54) is 0 Å². The molecule has 1 aliphatic carbocycles. The first-order valence-corrected chi connectivity index (χ1v) is 6.91. The Bertz CT molecular complexity index is 380. The van der Waals surface area contributed by atoms with Crippen LogP contribution in [0.2, 0.25) is 0 Å². The van der Waals surface area contributed by atoms with Crippen LogP contribution in [0.25, 0.3) is 0 Å². The van der Waals surface area contributed by atoms with E-state index in [4.69, 9.17) is 4.74 Å². The van der Waals surface area contributed by atoms with Gasteiger partial charge in [0.25, 0.3) is 0 Å². The van der Waals surface area contributed by atoms with Gasteiger partial charge in [0.1, 0.15) is 0 Å². The van der Waals surface area contributed by atoms with Crippen molar-refractivity contribution in [1.82, 2.24) is 4.90 Å². The third-order valence-electron chi connectivity index (χ3n) is 4.05. The largest absolute Gasteiger partial charge is 0.481 e. The predicted octanol–water partition coefficient (Wildman–Crippen LogP) is 1.29. The number of aliphatic carboxylic acids is 1. The number of carboxylic acid groups (broad SMARTS) is 1. The van der Waals surface area contributed by atoms with Gasteiger partial charge in [-0.2, -0.15) is 0 Å². The summed E-state index contributed by atoms with van der Waals surface area (Å²) in [6.45, 7) is 3.70. The summed E-state index contributed by atoms with van der Waals surface area (Å²) in [7, 11) is 0. The average molecular weight is 267 g/mol. The Morgan fingerprint density at radius 2 is 2.00 bits per heavy atom. The number of carboxylic acids is 1. The number of morpholine rings is 1. The molecule has 1 fully saturated rings. The molecule has 106 valence electrons. The van der Waals surface area contributed by atoms with E-state index in [-0.39, 0.29) is 11.9 Å². The maximum Gasteiger partial charge on any atom is 0.307 e. The molecule has 0 bridgehead atoms. The van der Waals surface area contributed by atoms with E-state index < -0.39 is 17.8 Å². The van der Waals surface area contributed by atoms with Crippen molar-refractivity contribution in [3.8, 4) is 0 Å². The second-order valence-electron chi connectivity index (χ2n) is 5.16. The van der Waals surface area contributed by atoms with Crippen molar-refractivity contribution in [1.29, 1.82) is 0 Å². The molecule has 0 aromatic rings. The second-order valence-corrected chi connectivity index (χ2v) is 5.16. The van der Waals surface area contributed by atoms with Gasteiger partial charge in [0.05, 0.1) is 31.1 Å². The number of allylic oxidation sites excluding steroid dienone is 2. The number of hydrogen-bond donors (Lipinski definition) is 1. The van der Waals surface area contributed by atoms with Gasteiger partial charge in [0.15, 0.2) is 0 Å². The van der Waals surface area contributed by atoms with Crippen LogP contribution in [0, 0.1) is 11.8 Å². The zero-order chi connectivity index (χ0) is 13.8. The molecular formula is C14H21NO4. The van der Waals surface area contributed by atoms with E-state index in [2.05, 4.69) is 0 Å². The summed E-state index contributed by atoms with van der Waals surface area (Å²) in [5.74, 6) is -1.90. The van der Waals surface area contributed by atoms with Gasteiger partial charge in [-0.1, -0.05) is 19.1 Å². The Labute approximate surface area is 113 Å². The van der Waals surface area contributed by atoms with Crippen LogP contribution >= 0.6 is 0 Å². The van der Waals surface area contributed by atoms with Gasteiger partial charge in [-0.05, 0) is 19.3 Å².